The molecule has 0 heterocycles. The van der Waals surface area contributed by atoms with Crippen LogP contribution in [0.15, 0.2) is 0 Å². The smallest absolute Gasteiger partial charge is 0.242 e. The van der Waals surface area contributed by atoms with Crippen LogP contribution in [-0.4, -0.2) is 34.2 Å². The number of nitrogens with one attached hydrogen (secondary N) is 1. The molecule has 1 aliphatic rings. The lowest BCUT2D eigenvalue weighted by Gasteiger charge is -2.48. The number of hydrogen-bond donors (Lipinski definition) is 1. The van der Waals surface area contributed by atoms with Gasteiger partial charge < -0.3 is 5.32 Å². The van der Waals surface area contributed by atoms with Gasteiger partial charge in [0.2, 0.25) is 5.91 Å². The Bertz CT molecular complexity index is 454. The fourth-order valence-corrected chi connectivity index (χ4v) is 3.30. The van der Waals surface area contributed by atoms with Crippen molar-refractivity contribution < 1.29 is 9.63 Å². The number of unbranched alkanes of at least 4 members (excludes halogenated alkanes) is 1. The van der Waals surface area contributed by atoms with Crippen molar-refractivity contribution in [1.29, 1.82) is 5.26 Å². The van der Waals surface area contributed by atoms with Crippen LogP contribution in [0, 0.1) is 11.3 Å². The molecule has 1 amide bonds. The lowest BCUT2D eigenvalue weighted by atomic mass is 9.86. The Kier molecular flexibility index (Phi) is 7.25. The molecule has 138 valence electrons. The number of nitrogens with zero attached hydrogens (tertiary/aromatic N) is 2. The van der Waals surface area contributed by atoms with E-state index in [1.54, 1.807) is 5.06 Å². The van der Waals surface area contributed by atoms with E-state index in [0.717, 1.165) is 44.9 Å². The van der Waals surface area contributed by atoms with Gasteiger partial charge in [-0.15, -0.1) is 0 Å². The van der Waals surface area contributed by atoms with E-state index in [0.29, 0.717) is 6.54 Å². The van der Waals surface area contributed by atoms with E-state index in [-0.39, 0.29) is 5.91 Å². The fraction of sp³-hybridized carbons (Fsp3) is 0.895. The average molecular weight is 338 g/mol. The van der Waals surface area contributed by atoms with Crippen LogP contribution >= 0.6 is 0 Å². The maximum Gasteiger partial charge on any atom is 0.242 e. The predicted molar refractivity (Wildman–Crippen MR) is 96.1 cm³/mol. The molecule has 0 saturated heterocycles. The summed E-state index contributed by atoms with van der Waals surface area (Å²) in [5.41, 5.74) is -2.06. The normalized spacial score (nSPS) is 18.2. The minimum Gasteiger partial charge on any atom is -0.354 e. The first-order valence-corrected chi connectivity index (χ1v) is 9.28. The Morgan fingerprint density at radius 3 is 2.25 bits per heavy atom. The summed E-state index contributed by atoms with van der Waals surface area (Å²) in [6, 6.07) is 2.39. The number of carbonyl (C=O) groups excluding carboxylic acids is 1. The lowest BCUT2D eigenvalue weighted by Crippen LogP contribution is -2.63. The van der Waals surface area contributed by atoms with Crippen molar-refractivity contribution in [2.75, 3.05) is 6.54 Å². The Morgan fingerprint density at radius 2 is 1.79 bits per heavy atom. The molecular formula is C19H35N3O2. The van der Waals surface area contributed by atoms with Crippen LogP contribution < -0.4 is 5.32 Å². The molecule has 24 heavy (non-hydrogen) atoms. The highest BCUT2D eigenvalue weighted by Crippen LogP contribution is 2.37. The lowest BCUT2D eigenvalue weighted by molar-refractivity contribution is -0.306. The summed E-state index contributed by atoms with van der Waals surface area (Å²) in [7, 11) is 0. The number of amides is 1. The Hall–Kier alpha value is -1.12. The summed E-state index contributed by atoms with van der Waals surface area (Å²) in [6.07, 6.45) is 6.58. The molecule has 0 unspecified atom stereocenters. The van der Waals surface area contributed by atoms with Crippen LogP contribution in [0.5, 0.6) is 0 Å². The summed E-state index contributed by atoms with van der Waals surface area (Å²) in [5, 5.41) is 14.5. The highest BCUT2D eigenvalue weighted by molar-refractivity contribution is 5.85. The van der Waals surface area contributed by atoms with Crippen LogP contribution in [0.3, 0.4) is 0 Å². The van der Waals surface area contributed by atoms with Gasteiger partial charge in [0.05, 0.1) is 6.07 Å². The van der Waals surface area contributed by atoms with E-state index >= 15 is 0 Å². The average Bonchev–Trinajstić information content (AvgIpc) is 2.52. The van der Waals surface area contributed by atoms with Crippen molar-refractivity contribution in [3.8, 4) is 6.07 Å². The SMILES string of the molecule is CCCCNC(=O)C(C)(C)N(OC1(C#N)CCCCC1)C(C)(C)C. The van der Waals surface area contributed by atoms with Crippen LogP contribution in [0.2, 0.25) is 0 Å². The Labute approximate surface area is 147 Å². The van der Waals surface area contributed by atoms with Crippen molar-refractivity contribution >= 4 is 5.91 Å². The minimum absolute atomic E-state index is 0.0604. The third-order valence-corrected chi connectivity index (χ3v) is 4.62. The second kappa shape index (κ2) is 8.31. The first-order chi connectivity index (χ1) is 11.1. The second-order valence-electron chi connectivity index (χ2n) is 8.39. The van der Waals surface area contributed by atoms with Gasteiger partial charge in [-0.25, -0.2) is 0 Å². The van der Waals surface area contributed by atoms with Crippen molar-refractivity contribution in [3.63, 3.8) is 0 Å². The van der Waals surface area contributed by atoms with Gasteiger partial charge in [0.25, 0.3) is 0 Å². The van der Waals surface area contributed by atoms with Crippen LogP contribution in [0.25, 0.3) is 0 Å². The number of hydrogen-bond acceptors (Lipinski definition) is 4. The third kappa shape index (κ3) is 5.19. The summed E-state index contributed by atoms with van der Waals surface area (Å²) in [4.78, 5) is 19.0. The van der Waals surface area contributed by atoms with Crippen LogP contribution in [0.1, 0.15) is 86.5 Å². The largest absolute Gasteiger partial charge is 0.354 e. The number of carbonyl (C=O) groups is 1. The first kappa shape index (κ1) is 20.9. The van der Waals surface area contributed by atoms with E-state index in [4.69, 9.17) is 4.84 Å². The number of rotatable bonds is 7. The Balaban J connectivity index is 2.99. The standard InChI is InChI=1S/C19H35N3O2/c1-7-8-14-21-16(23)18(5,6)22(17(2,3)4)24-19(15-20)12-10-9-11-13-19/h7-14H2,1-6H3,(H,21,23). The molecule has 1 rings (SSSR count). The topological polar surface area (TPSA) is 65.4 Å². The van der Waals surface area contributed by atoms with E-state index in [1.807, 2.05) is 34.6 Å². The molecule has 1 aliphatic carbocycles. The van der Waals surface area contributed by atoms with Crippen molar-refractivity contribution in [1.82, 2.24) is 10.4 Å². The zero-order valence-corrected chi connectivity index (χ0v) is 16.4. The predicted octanol–water partition coefficient (Wildman–Crippen LogP) is 3.94. The second-order valence-corrected chi connectivity index (χ2v) is 8.39. The van der Waals surface area contributed by atoms with Gasteiger partial charge in [0.15, 0.2) is 5.60 Å². The molecule has 0 spiro atoms. The molecule has 0 bridgehead atoms. The molecule has 0 aromatic rings. The van der Waals surface area contributed by atoms with Crippen molar-refractivity contribution in [2.45, 2.75) is 103 Å². The van der Waals surface area contributed by atoms with E-state index in [2.05, 4.69) is 18.3 Å². The minimum atomic E-state index is -0.854. The van der Waals surface area contributed by atoms with E-state index < -0.39 is 16.7 Å². The molecule has 5 nitrogen and oxygen atoms in total. The quantitative estimate of drug-likeness (QED) is 0.564. The van der Waals surface area contributed by atoms with Gasteiger partial charge in [0.1, 0.15) is 5.54 Å². The molecule has 1 saturated carbocycles. The van der Waals surface area contributed by atoms with Gasteiger partial charge >= 0.3 is 0 Å². The van der Waals surface area contributed by atoms with Crippen molar-refractivity contribution in [3.05, 3.63) is 0 Å². The molecule has 0 aliphatic heterocycles. The molecule has 1 fully saturated rings. The monoisotopic (exact) mass is 337 g/mol. The molecule has 0 radical (unpaired) electrons. The fourth-order valence-electron chi connectivity index (χ4n) is 3.30. The van der Waals surface area contributed by atoms with E-state index in [1.165, 1.54) is 0 Å². The molecule has 1 N–H and O–H groups in total. The molecule has 0 atom stereocenters. The zero-order valence-electron chi connectivity index (χ0n) is 16.4. The summed E-state index contributed by atoms with van der Waals surface area (Å²) < 4.78 is 0. The van der Waals surface area contributed by atoms with Crippen LogP contribution in [-0.2, 0) is 9.63 Å². The molecule has 0 aromatic heterocycles. The van der Waals surface area contributed by atoms with Gasteiger partial charge in [-0.1, -0.05) is 19.8 Å². The third-order valence-electron chi connectivity index (χ3n) is 4.62. The summed E-state index contributed by atoms with van der Waals surface area (Å²) >= 11 is 0. The highest BCUT2D eigenvalue weighted by atomic mass is 16.7. The Morgan fingerprint density at radius 1 is 1.21 bits per heavy atom. The molecule has 5 heteroatoms. The maximum atomic E-state index is 12.7. The van der Waals surface area contributed by atoms with Gasteiger partial charge in [-0.05, 0) is 66.7 Å². The van der Waals surface area contributed by atoms with Gasteiger partial charge in [0, 0.05) is 12.1 Å². The number of hydroxylamine groups is 2. The first-order valence-electron chi connectivity index (χ1n) is 9.28. The van der Waals surface area contributed by atoms with E-state index in [9.17, 15) is 10.1 Å². The maximum absolute atomic E-state index is 12.7. The molecular weight excluding hydrogens is 302 g/mol. The highest BCUT2D eigenvalue weighted by Gasteiger charge is 2.47. The zero-order chi connectivity index (χ0) is 18.4. The molecule has 0 aromatic carbocycles. The van der Waals surface area contributed by atoms with Crippen LogP contribution in [0.4, 0.5) is 0 Å². The summed E-state index contributed by atoms with van der Waals surface area (Å²) in [6.45, 7) is 12.6. The summed E-state index contributed by atoms with van der Waals surface area (Å²) in [5.74, 6) is -0.0604. The van der Waals surface area contributed by atoms with Gasteiger partial charge in [-0.3, -0.25) is 9.63 Å². The van der Waals surface area contributed by atoms with Crippen molar-refractivity contribution in [2.24, 2.45) is 0 Å². The number of nitriles is 1. The van der Waals surface area contributed by atoms with Gasteiger partial charge in [-0.2, -0.15) is 10.3 Å².